The van der Waals surface area contributed by atoms with E-state index in [0.717, 1.165) is 30.4 Å². The van der Waals surface area contributed by atoms with Crippen molar-refractivity contribution in [3.05, 3.63) is 64.2 Å². The largest absolute Gasteiger partial charge is 0.352 e. The van der Waals surface area contributed by atoms with Crippen molar-refractivity contribution in [2.45, 2.75) is 53.0 Å². The van der Waals surface area contributed by atoms with E-state index in [1.807, 2.05) is 6.92 Å². The lowest BCUT2D eigenvalue weighted by Gasteiger charge is -2.23. The summed E-state index contributed by atoms with van der Waals surface area (Å²) in [5.41, 5.74) is 2.75. The van der Waals surface area contributed by atoms with Gasteiger partial charge in [-0.15, -0.1) is 0 Å². The molecule has 5 nitrogen and oxygen atoms in total. The number of benzene rings is 2. The summed E-state index contributed by atoms with van der Waals surface area (Å²) >= 11 is 6.19. The van der Waals surface area contributed by atoms with E-state index in [-0.39, 0.29) is 12.5 Å². The van der Waals surface area contributed by atoms with Gasteiger partial charge in [0, 0.05) is 17.1 Å². The normalized spacial score (nSPS) is 12.4. The Labute approximate surface area is 191 Å². The molecule has 0 aromatic heterocycles. The van der Waals surface area contributed by atoms with Crippen LogP contribution >= 0.6 is 11.6 Å². The van der Waals surface area contributed by atoms with E-state index in [1.165, 1.54) is 17.0 Å². The fraction of sp³-hybridized carbons (Fsp3) is 0.458. The lowest BCUT2D eigenvalue weighted by molar-refractivity contribution is 0.0946. The van der Waals surface area contributed by atoms with E-state index in [2.05, 4.69) is 19.2 Å². The molecule has 1 amide bonds. The third kappa shape index (κ3) is 7.54. The van der Waals surface area contributed by atoms with Gasteiger partial charge in [-0.05, 0) is 54.7 Å². The van der Waals surface area contributed by atoms with Gasteiger partial charge in [0.1, 0.15) is 0 Å². The Morgan fingerprint density at radius 2 is 1.81 bits per heavy atom. The van der Waals surface area contributed by atoms with Gasteiger partial charge in [-0.1, -0.05) is 62.9 Å². The second-order valence-corrected chi connectivity index (χ2v) is 10.3. The maximum absolute atomic E-state index is 12.5. The molecule has 0 heterocycles. The molecule has 0 radical (unpaired) electrons. The first kappa shape index (κ1) is 25.2. The Hall–Kier alpha value is -2.05. The van der Waals surface area contributed by atoms with Gasteiger partial charge in [-0.2, -0.15) is 0 Å². The SMILES string of the molecule is CCCC[C@H](CC)CNC(=O)c1ccc(CN(c2ccc(C)c(Cl)c2)S(C)(=O)=O)cc1. The molecular weight excluding hydrogens is 432 g/mol. The number of carbonyl (C=O) groups is 1. The van der Waals surface area contributed by atoms with Gasteiger partial charge in [0.05, 0.1) is 18.5 Å². The first-order chi connectivity index (χ1) is 14.7. The van der Waals surface area contributed by atoms with Crippen LogP contribution in [0, 0.1) is 12.8 Å². The molecule has 2 aromatic carbocycles. The molecule has 0 aliphatic rings. The van der Waals surface area contributed by atoms with Crippen molar-refractivity contribution in [3.63, 3.8) is 0 Å². The van der Waals surface area contributed by atoms with Crippen LogP contribution < -0.4 is 9.62 Å². The first-order valence-electron chi connectivity index (χ1n) is 10.8. The minimum atomic E-state index is -3.51. The summed E-state index contributed by atoms with van der Waals surface area (Å²) in [5, 5.41) is 3.54. The average Bonchev–Trinajstić information content (AvgIpc) is 2.73. The quantitative estimate of drug-likeness (QED) is 0.473. The maximum atomic E-state index is 12.5. The number of aryl methyl sites for hydroxylation is 1. The number of unbranched alkanes of at least 4 members (excludes halogenated alkanes) is 1. The van der Waals surface area contributed by atoms with Crippen molar-refractivity contribution in [3.8, 4) is 0 Å². The van der Waals surface area contributed by atoms with Crippen LogP contribution in [0.2, 0.25) is 5.02 Å². The van der Waals surface area contributed by atoms with Crippen molar-refractivity contribution in [2.75, 3.05) is 17.1 Å². The summed E-state index contributed by atoms with van der Waals surface area (Å²) in [6.07, 6.45) is 5.67. The molecule has 1 N–H and O–H groups in total. The predicted octanol–water partition coefficient (Wildman–Crippen LogP) is 5.56. The van der Waals surface area contributed by atoms with E-state index in [4.69, 9.17) is 11.6 Å². The lowest BCUT2D eigenvalue weighted by Crippen LogP contribution is -2.30. The number of nitrogens with zero attached hydrogens (tertiary/aromatic N) is 1. The van der Waals surface area contributed by atoms with E-state index in [1.54, 1.807) is 42.5 Å². The predicted molar refractivity (Wildman–Crippen MR) is 129 cm³/mol. The topological polar surface area (TPSA) is 66.5 Å². The smallest absolute Gasteiger partial charge is 0.251 e. The number of nitrogens with one attached hydrogen (secondary N) is 1. The molecule has 7 heteroatoms. The number of hydrogen-bond acceptors (Lipinski definition) is 3. The summed E-state index contributed by atoms with van der Waals surface area (Å²) in [6.45, 7) is 7.02. The van der Waals surface area contributed by atoms with Crippen LogP contribution in [0.25, 0.3) is 0 Å². The Kier molecular flexibility index (Phi) is 9.38. The average molecular weight is 465 g/mol. The molecule has 0 bridgehead atoms. The highest BCUT2D eigenvalue weighted by Crippen LogP contribution is 2.26. The highest BCUT2D eigenvalue weighted by atomic mass is 35.5. The van der Waals surface area contributed by atoms with E-state index >= 15 is 0 Å². The van der Waals surface area contributed by atoms with Crippen molar-refractivity contribution < 1.29 is 13.2 Å². The minimum Gasteiger partial charge on any atom is -0.352 e. The van der Waals surface area contributed by atoms with Gasteiger partial charge in [0.2, 0.25) is 10.0 Å². The Bertz CT molecular complexity index is 975. The fourth-order valence-corrected chi connectivity index (χ4v) is 4.40. The number of rotatable bonds is 11. The first-order valence-corrected chi connectivity index (χ1v) is 13.0. The second kappa shape index (κ2) is 11.5. The van der Waals surface area contributed by atoms with Gasteiger partial charge in [0.15, 0.2) is 0 Å². The third-order valence-corrected chi connectivity index (χ3v) is 7.03. The van der Waals surface area contributed by atoms with Crippen LogP contribution in [0.3, 0.4) is 0 Å². The van der Waals surface area contributed by atoms with Crippen molar-refractivity contribution in [1.29, 1.82) is 0 Å². The fourth-order valence-electron chi connectivity index (χ4n) is 3.35. The summed E-state index contributed by atoms with van der Waals surface area (Å²) in [5.74, 6) is 0.389. The van der Waals surface area contributed by atoms with E-state index in [0.29, 0.717) is 28.7 Å². The van der Waals surface area contributed by atoms with E-state index in [9.17, 15) is 13.2 Å². The molecule has 0 unspecified atom stereocenters. The summed E-state index contributed by atoms with van der Waals surface area (Å²) in [7, 11) is -3.51. The Morgan fingerprint density at radius 3 is 2.35 bits per heavy atom. The molecule has 0 saturated heterocycles. The van der Waals surface area contributed by atoms with Crippen LogP contribution in [-0.2, 0) is 16.6 Å². The standard InChI is InChI=1S/C24H33ClN2O3S/c1-5-7-8-19(6-2)16-26-24(28)21-12-10-20(11-13-21)17-27(31(4,29)30)22-14-9-18(3)23(25)15-22/h9-15,19H,5-8,16-17H2,1-4H3,(H,26,28)/t19-/m0/s1. The van der Waals surface area contributed by atoms with Gasteiger partial charge >= 0.3 is 0 Å². The molecular formula is C24H33ClN2O3S. The van der Waals surface area contributed by atoms with Gasteiger partial charge in [-0.3, -0.25) is 9.10 Å². The molecule has 0 aliphatic heterocycles. The molecule has 2 aromatic rings. The molecule has 0 saturated carbocycles. The Balaban J connectivity index is 2.08. The minimum absolute atomic E-state index is 0.105. The Morgan fingerprint density at radius 1 is 1.13 bits per heavy atom. The number of sulfonamides is 1. The van der Waals surface area contributed by atoms with Crippen LogP contribution in [0.4, 0.5) is 5.69 Å². The number of carbonyl (C=O) groups excluding carboxylic acids is 1. The van der Waals surface area contributed by atoms with Gasteiger partial charge < -0.3 is 5.32 Å². The van der Waals surface area contributed by atoms with Crippen molar-refractivity contribution in [2.24, 2.45) is 5.92 Å². The highest BCUT2D eigenvalue weighted by molar-refractivity contribution is 7.92. The number of anilines is 1. The van der Waals surface area contributed by atoms with Gasteiger partial charge in [-0.25, -0.2) is 8.42 Å². The zero-order valence-corrected chi connectivity index (χ0v) is 20.4. The zero-order chi connectivity index (χ0) is 23.0. The van der Waals surface area contributed by atoms with Crippen molar-refractivity contribution >= 4 is 33.2 Å². The van der Waals surface area contributed by atoms with Crippen LogP contribution in [0.5, 0.6) is 0 Å². The van der Waals surface area contributed by atoms with Crippen LogP contribution in [0.1, 0.15) is 61.0 Å². The monoisotopic (exact) mass is 464 g/mol. The number of amides is 1. The molecule has 31 heavy (non-hydrogen) atoms. The summed E-state index contributed by atoms with van der Waals surface area (Å²) in [6, 6.07) is 12.2. The summed E-state index contributed by atoms with van der Waals surface area (Å²) in [4.78, 5) is 12.5. The van der Waals surface area contributed by atoms with Crippen LogP contribution in [-0.4, -0.2) is 27.1 Å². The third-order valence-electron chi connectivity index (χ3n) is 5.48. The molecule has 0 aliphatic carbocycles. The van der Waals surface area contributed by atoms with Crippen LogP contribution in [0.15, 0.2) is 42.5 Å². The summed E-state index contributed by atoms with van der Waals surface area (Å²) < 4.78 is 26.1. The second-order valence-electron chi connectivity index (χ2n) is 8.03. The molecule has 2 rings (SSSR count). The number of halogens is 1. The maximum Gasteiger partial charge on any atom is 0.251 e. The number of hydrogen-bond donors (Lipinski definition) is 1. The molecule has 0 spiro atoms. The molecule has 0 fully saturated rings. The highest BCUT2D eigenvalue weighted by Gasteiger charge is 2.19. The van der Waals surface area contributed by atoms with E-state index < -0.39 is 10.0 Å². The van der Waals surface area contributed by atoms with Crippen molar-refractivity contribution in [1.82, 2.24) is 5.32 Å². The molecule has 1 atom stereocenters. The molecule has 170 valence electrons. The zero-order valence-electron chi connectivity index (χ0n) is 18.8. The van der Waals surface area contributed by atoms with Gasteiger partial charge in [0.25, 0.3) is 5.91 Å². The lowest BCUT2D eigenvalue weighted by atomic mass is 9.99.